The Balaban J connectivity index is 1.56. The molecule has 0 aliphatic heterocycles. The number of rotatable bonds is 6. The number of hydrogen-bond donors (Lipinski definition) is 1. The monoisotopic (exact) mass is 345 g/mol. The molecule has 4 heteroatoms. The molecule has 2 atom stereocenters. The predicted molar refractivity (Wildman–Crippen MR) is 85.6 cm³/mol. The van der Waals surface area contributed by atoms with E-state index in [1.807, 2.05) is 0 Å². The van der Waals surface area contributed by atoms with Crippen molar-refractivity contribution in [2.75, 3.05) is 13.2 Å². The number of halogens is 1. The number of nitrogens with one attached hydrogen (secondary N) is 1. The van der Waals surface area contributed by atoms with Crippen LogP contribution in [0.1, 0.15) is 38.0 Å². The summed E-state index contributed by atoms with van der Waals surface area (Å²) < 4.78 is 7.18. The summed E-state index contributed by atoms with van der Waals surface area (Å²) in [4.78, 5) is 1.37. The fraction of sp³-hybridized carbons (Fsp3) is 0.733. The summed E-state index contributed by atoms with van der Waals surface area (Å²) >= 11 is 5.26. The van der Waals surface area contributed by atoms with Crippen molar-refractivity contribution in [2.24, 2.45) is 11.8 Å². The molecule has 19 heavy (non-hydrogen) atoms. The van der Waals surface area contributed by atoms with Crippen LogP contribution in [0.25, 0.3) is 0 Å². The van der Waals surface area contributed by atoms with Gasteiger partial charge in [-0.1, -0.05) is 13.8 Å². The highest BCUT2D eigenvalue weighted by atomic mass is 79.9. The van der Waals surface area contributed by atoms with Crippen LogP contribution in [0.15, 0.2) is 15.9 Å². The van der Waals surface area contributed by atoms with E-state index in [1.54, 1.807) is 11.3 Å². The van der Waals surface area contributed by atoms with E-state index >= 15 is 0 Å². The van der Waals surface area contributed by atoms with Gasteiger partial charge in [-0.05, 0) is 53.1 Å². The fourth-order valence-electron chi connectivity index (χ4n) is 2.97. The highest BCUT2D eigenvalue weighted by Gasteiger charge is 2.23. The molecule has 0 saturated heterocycles. The van der Waals surface area contributed by atoms with E-state index in [0.717, 1.165) is 31.5 Å². The van der Waals surface area contributed by atoms with Gasteiger partial charge in [0.2, 0.25) is 0 Å². The van der Waals surface area contributed by atoms with Crippen LogP contribution in [-0.2, 0) is 11.3 Å². The Morgan fingerprint density at radius 1 is 1.32 bits per heavy atom. The summed E-state index contributed by atoms with van der Waals surface area (Å²) in [5.74, 6) is 1.65. The molecule has 0 aromatic carbocycles. The van der Waals surface area contributed by atoms with Crippen LogP contribution in [0.3, 0.4) is 0 Å². The highest BCUT2D eigenvalue weighted by molar-refractivity contribution is 9.10. The first-order valence-electron chi connectivity index (χ1n) is 7.18. The van der Waals surface area contributed by atoms with Crippen molar-refractivity contribution >= 4 is 27.3 Å². The van der Waals surface area contributed by atoms with Gasteiger partial charge in [-0.2, -0.15) is 0 Å². The minimum Gasteiger partial charge on any atom is -0.377 e. The van der Waals surface area contributed by atoms with Gasteiger partial charge in [0.1, 0.15) is 0 Å². The lowest BCUT2D eigenvalue weighted by Crippen LogP contribution is -2.29. The van der Waals surface area contributed by atoms with Crippen molar-refractivity contribution in [2.45, 2.75) is 45.8 Å². The molecule has 1 aromatic rings. The van der Waals surface area contributed by atoms with Crippen molar-refractivity contribution in [1.82, 2.24) is 5.32 Å². The van der Waals surface area contributed by atoms with Crippen LogP contribution in [0.5, 0.6) is 0 Å². The summed E-state index contributed by atoms with van der Waals surface area (Å²) in [7, 11) is 0. The number of ether oxygens (including phenoxy) is 1. The normalized spacial score (nSPS) is 27.6. The maximum Gasteiger partial charge on any atom is 0.0594 e. The summed E-state index contributed by atoms with van der Waals surface area (Å²) in [5.41, 5.74) is 0. The Morgan fingerprint density at radius 2 is 2.05 bits per heavy atom. The van der Waals surface area contributed by atoms with E-state index in [9.17, 15) is 0 Å². The van der Waals surface area contributed by atoms with E-state index < -0.39 is 0 Å². The van der Waals surface area contributed by atoms with E-state index in [2.05, 4.69) is 46.5 Å². The minimum atomic E-state index is 0.483. The van der Waals surface area contributed by atoms with Crippen molar-refractivity contribution in [1.29, 1.82) is 0 Å². The van der Waals surface area contributed by atoms with Gasteiger partial charge < -0.3 is 10.1 Å². The molecule has 0 radical (unpaired) electrons. The summed E-state index contributed by atoms with van der Waals surface area (Å²) in [6.45, 7) is 7.40. The smallest absolute Gasteiger partial charge is 0.0594 e. The Labute approximate surface area is 129 Å². The molecule has 1 aromatic heterocycles. The van der Waals surface area contributed by atoms with Crippen molar-refractivity contribution in [3.8, 4) is 0 Å². The second-order valence-corrected chi connectivity index (χ2v) is 7.73. The Bertz CT molecular complexity index is 372. The van der Waals surface area contributed by atoms with Gasteiger partial charge in [-0.25, -0.2) is 0 Å². The first kappa shape index (κ1) is 15.5. The van der Waals surface area contributed by atoms with Gasteiger partial charge >= 0.3 is 0 Å². The van der Waals surface area contributed by atoms with Crippen LogP contribution in [0.2, 0.25) is 0 Å². The summed E-state index contributed by atoms with van der Waals surface area (Å²) in [6.07, 6.45) is 4.33. The van der Waals surface area contributed by atoms with Crippen LogP contribution in [0, 0.1) is 11.8 Å². The Morgan fingerprint density at radius 3 is 2.68 bits per heavy atom. The second-order valence-electron chi connectivity index (χ2n) is 5.82. The first-order chi connectivity index (χ1) is 9.13. The van der Waals surface area contributed by atoms with Crippen molar-refractivity contribution in [3.63, 3.8) is 0 Å². The minimum absolute atomic E-state index is 0.483. The molecule has 2 rings (SSSR count). The molecule has 1 fully saturated rings. The molecule has 0 spiro atoms. The standard InChI is InChI=1S/C15H24BrNOS/c1-11-5-12(2)7-14(6-11)18-4-3-17-9-15-8-13(16)10-19-15/h8,10-12,14,17H,3-7,9H2,1-2H3. The maximum atomic E-state index is 6.00. The molecule has 1 aliphatic carbocycles. The number of hydrogen-bond acceptors (Lipinski definition) is 3. The van der Waals surface area contributed by atoms with E-state index in [0.29, 0.717) is 6.10 Å². The SMILES string of the molecule is CC1CC(C)CC(OCCNCc2cc(Br)cs2)C1. The quantitative estimate of drug-likeness (QED) is 0.769. The van der Waals surface area contributed by atoms with E-state index in [4.69, 9.17) is 4.74 Å². The van der Waals surface area contributed by atoms with Gasteiger partial charge in [-0.15, -0.1) is 11.3 Å². The van der Waals surface area contributed by atoms with Gasteiger partial charge in [-0.3, -0.25) is 0 Å². The third-order valence-electron chi connectivity index (χ3n) is 3.69. The van der Waals surface area contributed by atoms with Gasteiger partial charge in [0.15, 0.2) is 0 Å². The van der Waals surface area contributed by atoms with Crippen LogP contribution >= 0.6 is 27.3 Å². The molecule has 1 N–H and O–H groups in total. The average molecular weight is 346 g/mol. The van der Waals surface area contributed by atoms with E-state index in [1.165, 1.54) is 28.6 Å². The number of thiophene rings is 1. The molecule has 0 amide bonds. The van der Waals surface area contributed by atoms with Crippen molar-refractivity contribution < 1.29 is 4.74 Å². The molecular formula is C15H24BrNOS. The zero-order chi connectivity index (χ0) is 13.7. The van der Waals surface area contributed by atoms with Gasteiger partial charge in [0.25, 0.3) is 0 Å². The van der Waals surface area contributed by atoms with Crippen LogP contribution in [0.4, 0.5) is 0 Å². The molecule has 2 unspecified atom stereocenters. The van der Waals surface area contributed by atoms with Crippen LogP contribution < -0.4 is 5.32 Å². The lowest BCUT2D eigenvalue weighted by Gasteiger charge is -2.31. The first-order valence-corrected chi connectivity index (χ1v) is 8.86. The molecule has 108 valence electrons. The Kier molecular flexibility index (Phi) is 6.33. The maximum absolute atomic E-state index is 6.00. The third-order valence-corrected chi connectivity index (χ3v) is 5.39. The van der Waals surface area contributed by atoms with E-state index in [-0.39, 0.29) is 0 Å². The zero-order valence-corrected chi connectivity index (χ0v) is 14.2. The predicted octanol–water partition coefficient (Wildman–Crippen LogP) is 4.44. The molecule has 1 saturated carbocycles. The van der Waals surface area contributed by atoms with Gasteiger partial charge in [0.05, 0.1) is 12.7 Å². The molecule has 2 nitrogen and oxygen atoms in total. The Hall–Kier alpha value is 0.1000. The fourth-order valence-corrected chi connectivity index (χ4v) is 4.39. The average Bonchev–Trinajstić information content (AvgIpc) is 2.73. The largest absolute Gasteiger partial charge is 0.377 e. The lowest BCUT2D eigenvalue weighted by atomic mass is 9.82. The second kappa shape index (κ2) is 7.77. The molecule has 1 heterocycles. The molecule has 0 bridgehead atoms. The summed E-state index contributed by atoms with van der Waals surface area (Å²) in [6, 6.07) is 2.17. The van der Waals surface area contributed by atoms with Crippen molar-refractivity contribution in [3.05, 3.63) is 20.8 Å². The zero-order valence-electron chi connectivity index (χ0n) is 11.8. The van der Waals surface area contributed by atoms with Crippen LogP contribution in [-0.4, -0.2) is 19.3 Å². The summed E-state index contributed by atoms with van der Waals surface area (Å²) in [5, 5.41) is 5.56. The third kappa shape index (κ3) is 5.54. The van der Waals surface area contributed by atoms with Gasteiger partial charge in [0, 0.05) is 27.8 Å². The molecule has 1 aliphatic rings. The highest BCUT2D eigenvalue weighted by Crippen LogP contribution is 2.30. The topological polar surface area (TPSA) is 21.3 Å². The molecular weight excluding hydrogens is 322 g/mol. The lowest BCUT2D eigenvalue weighted by molar-refractivity contribution is 0.00265.